The first-order valence-electron chi connectivity index (χ1n) is 5.58. The molecule has 2 aromatic rings. The first-order chi connectivity index (χ1) is 9.11. The predicted octanol–water partition coefficient (Wildman–Crippen LogP) is 1.24. The zero-order valence-electron chi connectivity index (χ0n) is 10.2. The third-order valence-electron chi connectivity index (χ3n) is 2.69. The fourth-order valence-corrected chi connectivity index (χ4v) is 1.76. The molecule has 7 heteroatoms. The molecule has 98 valence electrons. The van der Waals surface area contributed by atoms with Crippen LogP contribution in [0.3, 0.4) is 0 Å². The lowest BCUT2D eigenvalue weighted by Crippen LogP contribution is -2.22. The molecule has 1 N–H and O–H groups in total. The number of non-ortho nitro benzene ring substituents is 1. The van der Waals surface area contributed by atoms with E-state index in [1.807, 2.05) is 0 Å². The Morgan fingerprint density at radius 3 is 2.89 bits per heavy atom. The normalized spacial score (nSPS) is 10.2. The van der Waals surface area contributed by atoms with Crippen LogP contribution < -0.4 is 11.0 Å². The van der Waals surface area contributed by atoms with Crippen molar-refractivity contribution in [3.63, 3.8) is 0 Å². The number of rotatable bonds is 4. The van der Waals surface area contributed by atoms with Gasteiger partial charge < -0.3 is 5.32 Å². The van der Waals surface area contributed by atoms with E-state index in [0.717, 1.165) is 5.69 Å². The highest BCUT2D eigenvalue weighted by Gasteiger charge is 2.11. The number of nitro groups is 1. The number of hydrogen-bond acceptors (Lipinski definition) is 5. The lowest BCUT2D eigenvalue weighted by atomic mass is 10.1. The summed E-state index contributed by atoms with van der Waals surface area (Å²) >= 11 is 0. The van der Waals surface area contributed by atoms with Crippen molar-refractivity contribution in [3.8, 4) is 0 Å². The molecule has 1 aromatic carbocycles. The van der Waals surface area contributed by atoms with Crippen LogP contribution in [0.2, 0.25) is 0 Å². The SMILES string of the molecule is CNc1ccc([N+](=O)[O-])cc1Cn1cccnc1=O. The second-order valence-corrected chi connectivity index (χ2v) is 3.88. The predicted molar refractivity (Wildman–Crippen MR) is 70.2 cm³/mol. The second kappa shape index (κ2) is 5.30. The Hall–Kier alpha value is -2.70. The Bertz CT molecular complexity index is 666. The third-order valence-corrected chi connectivity index (χ3v) is 2.69. The molecule has 0 bridgehead atoms. The molecule has 0 aliphatic carbocycles. The van der Waals surface area contributed by atoms with Gasteiger partial charge in [-0.05, 0) is 12.1 Å². The molecule has 2 rings (SSSR count). The van der Waals surface area contributed by atoms with Crippen LogP contribution in [0, 0.1) is 10.1 Å². The summed E-state index contributed by atoms with van der Waals surface area (Å²) in [6.07, 6.45) is 3.00. The Balaban J connectivity index is 2.43. The number of nitrogens with one attached hydrogen (secondary N) is 1. The van der Waals surface area contributed by atoms with Gasteiger partial charge in [-0.2, -0.15) is 0 Å². The molecule has 1 aromatic heterocycles. The Morgan fingerprint density at radius 2 is 2.26 bits per heavy atom. The summed E-state index contributed by atoms with van der Waals surface area (Å²) in [5, 5.41) is 13.7. The average Bonchev–Trinajstić information content (AvgIpc) is 2.41. The molecule has 0 saturated heterocycles. The van der Waals surface area contributed by atoms with Gasteiger partial charge in [0.1, 0.15) is 0 Å². The van der Waals surface area contributed by atoms with Crippen molar-refractivity contribution < 1.29 is 4.92 Å². The van der Waals surface area contributed by atoms with Crippen molar-refractivity contribution in [3.05, 3.63) is 62.8 Å². The summed E-state index contributed by atoms with van der Waals surface area (Å²) in [4.78, 5) is 25.5. The molecular formula is C12H12N4O3. The van der Waals surface area contributed by atoms with Gasteiger partial charge in [0.15, 0.2) is 0 Å². The first-order valence-corrected chi connectivity index (χ1v) is 5.58. The van der Waals surface area contributed by atoms with Gasteiger partial charge in [-0.15, -0.1) is 0 Å². The van der Waals surface area contributed by atoms with Crippen molar-refractivity contribution in [2.45, 2.75) is 6.54 Å². The number of nitro benzene ring substituents is 1. The summed E-state index contributed by atoms with van der Waals surface area (Å²) < 4.78 is 1.39. The van der Waals surface area contributed by atoms with Crippen LogP contribution in [-0.4, -0.2) is 21.5 Å². The number of aromatic nitrogens is 2. The summed E-state index contributed by atoms with van der Waals surface area (Å²) in [5.41, 5.74) is 0.996. The van der Waals surface area contributed by atoms with Crippen LogP contribution in [0.5, 0.6) is 0 Å². The van der Waals surface area contributed by atoms with Crippen LogP contribution in [0.4, 0.5) is 11.4 Å². The number of benzene rings is 1. The molecule has 0 atom stereocenters. The van der Waals surface area contributed by atoms with Gasteiger partial charge in [0.2, 0.25) is 0 Å². The lowest BCUT2D eigenvalue weighted by Gasteiger charge is -2.10. The quantitative estimate of drug-likeness (QED) is 0.659. The van der Waals surface area contributed by atoms with Crippen molar-refractivity contribution in [2.75, 3.05) is 12.4 Å². The van der Waals surface area contributed by atoms with E-state index in [1.54, 1.807) is 25.4 Å². The van der Waals surface area contributed by atoms with Crippen molar-refractivity contribution in [2.24, 2.45) is 0 Å². The minimum Gasteiger partial charge on any atom is -0.388 e. The van der Waals surface area contributed by atoms with Gasteiger partial charge in [0.05, 0.1) is 11.5 Å². The maximum Gasteiger partial charge on any atom is 0.347 e. The maximum absolute atomic E-state index is 11.5. The maximum atomic E-state index is 11.5. The standard InChI is InChI=1S/C12H12N4O3/c1-13-11-4-3-10(16(18)19)7-9(11)8-15-6-2-5-14-12(15)17/h2-7,13H,8H2,1H3. The minimum absolute atomic E-state index is 0.00839. The molecular weight excluding hydrogens is 248 g/mol. The number of nitrogens with zero attached hydrogens (tertiary/aromatic N) is 3. The summed E-state index contributed by atoms with van der Waals surface area (Å²) in [7, 11) is 1.72. The van der Waals surface area contributed by atoms with Crippen LogP contribution in [0.15, 0.2) is 41.5 Å². The Kier molecular flexibility index (Phi) is 3.56. The number of hydrogen-bond donors (Lipinski definition) is 1. The molecule has 0 aliphatic heterocycles. The van der Waals surface area contributed by atoms with Gasteiger partial charge >= 0.3 is 5.69 Å². The highest BCUT2D eigenvalue weighted by atomic mass is 16.6. The largest absolute Gasteiger partial charge is 0.388 e. The van der Waals surface area contributed by atoms with Crippen LogP contribution >= 0.6 is 0 Å². The molecule has 0 amide bonds. The number of anilines is 1. The van der Waals surface area contributed by atoms with E-state index < -0.39 is 10.6 Å². The van der Waals surface area contributed by atoms with Crippen LogP contribution in [-0.2, 0) is 6.54 Å². The zero-order valence-corrected chi connectivity index (χ0v) is 10.2. The molecule has 0 fully saturated rings. The fourth-order valence-electron chi connectivity index (χ4n) is 1.76. The van der Waals surface area contributed by atoms with Crippen molar-refractivity contribution in [1.82, 2.24) is 9.55 Å². The van der Waals surface area contributed by atoms with Crippen molar-refractivity contribution >= 4 is 11.4 Å². The first kappa shape index (κ1) is 12.7. The van der Waals surface area contributed by atoms with Gasteiger partial charge in [0, 0.05) is 42.8 Å². The molecule has 19 heavy (non-hydrogen) atoms. The van der Waals surface area contributed by atoms with E-state index in [-0.39, 0.29) is 12.2 Å². The Morgan fingerprint density at radius 1 is 1.47 bits per heavy atom. The third kappa shape index (κ3) is 2.76. The van der Waals surface area contributed by atoms with E-state index in [4.69, 9.17) is 0 Å². The highest BCUT2D eigenvalue weighted by molar-refractivity contribution is 5.55. The molecule has 0 saturated carbocycles. The smallest absolute Gasteiger partial charge is 0.347 e. The van der Waals surface area contributed by atoms with Crippen molar-refractivity contribution in [1.29, 1.82) is 0 Å². The van der Waals surface area contributed by atoms with E-state index in [9.17, 15) is 14.9 Å². The average molecular weight is 260 g/mol. The van der Waals surface area contributed by atoms with Gasteiger partial charge in [-0.3, -0.25) is 14.7 Å². The monoisotopic (exact) mass is 260 g/mol. The van der Waals surface area contributed by atoms with E-state index in [2.05, 4.69) is 10.3 Å². The molecule has 7 nitrogen and oxygen atoms in total. The summed E-state index contributed by atoms with van der Waals surface area (Å²) in [5.74, 6) is 0. The minimum atomic E-state index is -0.463. The molecule has 0 aliphatic rings. The van der Waals surface area contributed by atoms with E-state index >= 15 is 0 Å². The lowest BCUT2D eigenvalue weighted by molar-refractivity contribution is -0.384. The zero-order chi connectivity index (χ0) is 13.8. The molecule has 0 radical (unpaired) electrons. The van der Waals surface area contributed by atoms with Gasteiger partial charge in [-0.25, -0.2) is 9.78 Å². The highest BCUT2D eigenvalue weighted by Crippen LogP contribution is 2.22. The second-order valence-electron chi connectivity index (χ2n) is 3.88. The van der Waals surface area contributed by atoms with Gasteiger partial charge in [0.25, 0.3) is 5.69 Å². The van der Waals surface area contributed by atoms with E-state index in [1.165, 1.54) is 22.9 Å². The summed E-state index contributed by atoms with van der Waals surface area (Å²) in [6, 6.07) is 6.12. The molecule has 0 spiro atoms. The topological polar surface area (TPSA) is 90.1 Å². The van der Waals surface area contributed by atoms with Gasteiger partial charge in [-0.1, -0.05) is 0 Å². The van der Waals surface area contributed by atoms with E-state index in [0.29, 0.717) is 5.56 Å². The Labute approximate surface area is 108 Å². The molecule has 1 heterocycles. The van der Waals surface area contributed by atoms with Crippen LogP contribution in [0.25, 0.3) is 0 Å². The fraction of sp³-hybridized carbons (Fsp3) is 0.167. The summed E-state index contributed by atoms with van der Waals surface area (Å²) in [6.45, 7) is 0.227. The molecule has 0 unspecified atom stereocenters. The van der Waals surface area contributed by atoms with Crippen LogP contribution in [0.1, 0.15) is 5.56 Å².